The van der Waals surface area contributed by atoms with Crippen molar-refractivity contribution in [2.75, 3.05) is 11.4 Å². The molecule has 0 spiro atoms. The summed E-state index contributed by atoms with van der Waals surface area (Å²) in [6.07, 6.45) is 2.13. The molecule has 1 aliphatic rings. The molecule has 26 heavy (non-hydrogen) atoms. The van der Waals surface area contributed by atoms with Crippen molar-refractivity contribution in [3.8, 4) is 12.3 Å². The third-order valence-electron chi connectivity index (χ3n) is 4.02. The number of halogens is 3. The van der Waals surface area contributed by atoms with Gasteiger partial charge in [0.15, 0.2) is 5.76 Å². The molecule has 1 unspecified atom stereocenters. The summed E-state index contributed by atoms with van der Waals surface area (Å²) in [7, 11) is 0. The Morgan fingerprint density at radius 2 is 2.08 bits per heavy atom. The van der Waals surface area contributed by atoms with Crippen LogP contribution in [0.15, 0.2) is 33.8 Å². The van der Waals surface area contributed by atoms with Crippen molar-refractivity contribution in [2.24, 2.45) is 4.99 Å². The average Bonchev–Trinajstić information content (AvgIpc) is 2.97. The fraction of sp³-hybridized carbons (Fsp3) is 0.278. The second-order valence-corrected chi connectivity index (χ2v) is 5.59. The van der Waals surface area contributed by atoms with Crippen LogP contribution in [0.2, 0.25) is 0 Å². The van der Waals surface area contributed by atoms with Crippen LogP contribution in [0.25, 0.3) is 0 Å². The van der Waals surface area contributed by atoms with Crippen molar-refractivity contribution < 1.29 is 22.5 Å². The third kappa shape index (κ3) is 2.96. The minimum Gasteiger partial charge on any atom is -0.359 e. The first-order chi connectivity index (χ1) is 12.4. The van der Waals surface area contributed by atoms with Crippen LogP contribution in [0.1, 0.15) is 35.5 Å². The van der Waals surface area contributed by atoms with Crippen molar-refractivity contribution in [2.45, 2.75) is 25.6 Å². The fourth-order valence-electron chi connectivity index (χ4n) is 2.89. The summed E-state index contributed by atoms with van der Waals surface area (Å²) in [5.41, 5.74) is -0.526. The third-order valence-corrected chi connectivity index (χ3v) is 4.02. The van der Waals surface area contributed by atoms with Gasteiger partial charge in [0.1, 0.15) is 17.4 Å². The Balaban J connectivity index is 2.24. The van der Waals surface area contributed by atoms with Crippen LogP contribution in [0.4, 0.5) is 18.9 Å². The maximum atomic E-state index is 13.4. The Morgan fingerprint density at radius 1 is 1.35 bits per heavy atom. The first-order valence-electron chi connectivity index (χ1n) is 7.81. The molecule has 1 amide bonds. The van der Waals surface area contributed by atoms with Crippen molar-refractivity contribution in [1.82, 2.24) is 5.16 Å². The van der Waals surface area contributed by atoms with E-state index in [0.717, 1.165) is 12.3 Å². The summed E-state index contributed by atoms with van der Waals surface area (Å²) in [4.78, 5) is 17.7. The van der Waals surface area contributed by atoms with E-state index in [-0.39, 0.29) is 23.5 Å². The zero-order chi connectivity index (χ0) is 18.9. The molecule has 0 N–H and O–H groups in total. The molecule has 3 rings (SSSR count). The highest BCUT2D eigenvalue weighted by molar-refractivity contribution is 6.33. The zero-order valence-corrected chi connectivity index (χ0v) is 13.7. The number of fused-ring (bicyclic) bond motifs is 1. The van der Waals surface area contributed by atoms with Crippen molar-refractivity contribution in [3.05, 3.63) is 46.8 Å². The number of carbonyl (C=O) groups excluding carboxylic acids is 1. The number of amides is 1. The van der Waals surface area contributed by atoms with E-state index in [4.69, 9.17) is 10.9 Å². The lowest BCUT2D eigenvalue weighted by atomic mass is 9.96. The predicted octanol–water partition coefficient (Wildman–Crippen LogP) is 3.40. The maximum Gasteiger partial charge on any atom is 0.416 e. The van der Waals surface area contributed by atoms with Crippen molar-refractivity contribution >= 4 is 17.8 Å². The molecule has 0 radical (unpaired) electrons. The van der Waals surface area contributed by atoms with Crippen LogP contribution in [0.3, 0.4) is 0 Å². The number of terminal acetylenes is 1. The number of aliphatic imine (C=N–C) groups is 1. The highest BCUT2D eigenvalue weighted by Gasteiger charge is 2.39. The maximum absolute atomic E-state index is 13.4. The first kappa shape index (κ1) is 17.7. The van der Waals surface area contributed by atoms with E-state index in [9.17, 15) is 18.0 Å². The minimum absolute atomic E-state index is 0.0697. The van der Waals surface area contributed by atoms with E-state index in [2.05, 4.69) is 16.1 Å². The Morgan fingerprint density at radius 3 is 2.73 bits per heavy atom. The summed E-state index contributed by atoms with van der Waals surface area (Å²) >= 11 is 0. The largest absolute Gasteiger partial charge is 0.416 e. The average molecular weight is 361 g/mol. The van der Waals surface area contributed by atoms with Gasteiger partial charge in [0.2, 0.25) is 0 Å². The number of aryl methyl sites for hydroxylation is 1. The molecular weight excluding hydrogens is 347 g/mol. The number of aromatic nitrogens is 1. The summed E-state index contributed by atoms with van der Waals surface area (Å²) in [6, 6.07) is 3.93. The van der Waals surface area contributed by atoms with Crippen LogP contribution >= 0.6 is 0 Å². The molecular formula is C18H14F3N3O2. The molecule has 2 heterocycles. The Kier molecular flexibility index (Phi) is 4.55. The van der Waals surface area contributed by atoms with Gasteiger partial charge in [0, 0.05) is 6.42 Å². The molecule has 5 nitrogen and oxygen atoms in total. The zero-order valence-electron chi connectivity index (χ0n) is 13.7. The summed E-state index contributed by atoms with van der Waals surface area (Å²) < 4.78 is 45.5. The molecule has 2 aromatic rings. The normalized spacial score (nSPS) is 17.0. The minimum atomic E-state index is -4.57. The SMILES string of the molecule is C#CCN1C(=O)C=NC(c2ccccc2C(F)(F)F)c2noc(CC)c21. The first-order valence-corrected chi connectivity index (χ1v) is 7.81. The molecule has 0 fully saturated rings. The molecule has 1 atom stereocenters. The lowest BCUT2D eigenvalue weighted by Crippen LogP contribution is -2.32. The number of alkyl halides is 3. The number of rotatable bonds is 3. The molecule has 0 saturated heterocycles. The molecule has 8 heteroatoms. The van der Waals surface area contributed by atoms with E-state index in [1.807, 2.05) is 0 Å². The highest BCUT2D eigenvalue weighted by atomic mass is 19.4. The number of benzene rings is 1. The molecule has 1 aromatic heterocycles. The van der Waals surface area contributed by atoms with Gasteiger partial charge in [-0.1, -0.05) is 36.2 Å². The molecule has 0 bridgehead atoms. The summed E-state index contributed by atoms with van der Waals surface area (Å²) in [5.74, 6) is 2.19. The predicted molar refractivity (Wildman–Crippen MR) is 88.8 cm³/mol. The lowest BCUT2D eigenvalue weighted by molar-refractivity contribution is -0.138. The molecule has 0 saturated carbocycles. The van der Waals surface area contributed by atoms with Gasteiger partial charge in [-0.25, -0.2) is 0 Å². The van der Waals surface area contributed by atoms with Gasteiger partial charge in [0.25, 0.3) is 5.91 Å². The molecule has 1 aromatic carbocycles. The second-order valence-electron chi connectivity index (χ2n) is 5.59. The van der Waals surface area contributed by atoms with Crippen molar-refractivity contribution in [3.63, 3.8) is 0 Å². The van der Waals surface area contributed by atoms with E-state index < -0.39 is 23.7 Å². The van der Waals surface area contributed by atoms with E-state index in [1.54, 1.807) is 6.92 Å². The standard InChI is InChI=1S/C18H14F3N3O2/c1-3-9-24-14(25)10-22-15(16-17(24)13(4-2)26-23-16)11-7-5-6-8-12(11)18(19,20)21/h1,5-8,10,15H,4,9H2,2H3. The smallest absolute Gasteiger partial charge is 0.359 e. The van der Waals surface area contributed by atoms with Crippen LogP contribution in [0.5, 0.6) is 0 Å². The van der Waals surface area contributed by atoms with Crippen molar-refractivity contribution in [1.29, 1.82) is 0 Å². The van der Waals surface area contributed by atoms with Crippen LogP contribution in [-0.4, -0.2) is 23.8 Å². The molecule has 0 aliphatic carbocycles. The van der Waals surface area contributed by atoms with Gasteiger partial charge in [-0.2, -0.15) is 13.2 Å². The summed E-state index contributed by atoms with van der Waals surface area (Å²) in [5, 5.41) is 3.92. The fourth-order valence-corrected chi connectivity index (χ4v) is 2.89. The highest BCUT2D eigenvalue weighted by Crippen LogP contribution is 2.42. The molecule has 1 aliphatic heterocycles. The van der Waals surface area contributed by atoms with Crippen LogP contribution in [-0.2, 0) is 17.4 Å². The summed E-state index contributed by atoms with van der Waals surface area (Å²) in [6.45, 7) is 1.71. The van der Waals surface area contributed by atoms with E-state index in [0.29, 0.717) is 12.2 Å². The Labute approximate surface area is 147 Å². The van der Waals surface area contributed by atoms with Crippen LogP contribution < -0.4 is 4.90 Å². The van der Waals surface area contributed by atoms with E-state index >= 15 is 0 Å². The quantitative estimate of drug-likeness (QED) is 0.788. The van der Waals surface area contributed by atoms with Gasteiger partial charge in [-0.05, 0) is 11.6 Å². The van der Waals surface area contributed by atoms with Gasteiger partial charge < -0.3 is 4.52 Å². The van der Waals surface area contributed by atoms with Gasteiger partial charge in [-0.3, -0.25) is 14.7 Å². The second kappa shape index (κ2) is 6.67. The number of nitrogens with zero attached hydrogens (tertiary/aromatic N) is 3. The number of anilines is 1. The van der Waals surface area contributed by atoms with Gasteiger partial charge >= 0.3 is 6.18 Å². The number of hydrogen-bond donors (Lipinski definition) is 0. The number of hydrogen-bond acceptors (Lipinski definition) is 4. The Hall–Kier alpha value is -3.08. The Bertz CT molecular complexity index is 909. The van der Waals surface area contributed by atoms with Gasteiger partial charge in [-0.15, -0.1) is 6.42 Å². The van der Waals surface area contributed by atoms with Gasteiger partial charge in [0.05, 0.1) is 18.3 Å². The topological polar surface area (TPSA) is 58.7 Å². The van der Waals surface area contributed by atoms with Crippen LogP contribution in [0, 0.1) is 12.3 Å². The van der Waals surface area contributed by atoms with E-state index in [1.165, 1.54) is 23.1 Å². The molecule has 134 valence electrons. The number of carbonyl (C=O) groups is 1. The monoisotopic (exact) mass is 361 g/mol. The lowest BCUT2D eigenvalue weighted by Gasteiger charge is -2.19.